The number of nitrogens with one attached hydrogen (secondary N) is 1. The Morgan fingerprint density at radius 3 is 2.21 bits per heavy atom. The van der Waals surface area contributed by atoms with Gasteiger partial charge in [0.2, 0.25) is 5.91 Å². The lowest BCUT2D eigenvalue weighted by molar-refractivity contribution is -0.126. The van der Waals surface area contributed by atoms with Crippen LogP contribution in [-0.4, -0.2) is 36.0 Å². The molecule has 0 bridgehead atoms. The van der Waals surface area contributed by atoms with Gasteiger partial charge in [0.1, 0.15) is 0 Å². The third-order valence-corrected chi connectivity index (χ3v) is 5.07. The third kappa shape index (κ3) is 3.95. The van der Waals surface area contributed by atoms with E-state index in [2.05, 4.69) is 24.1 Å². The molecule has 0 unspecified atom stereocenters. The molecular weight excluding hydrogens is 236 g/mol. The summed E-state index contributed by atoms with van der Waals surface area (Å²) in [5, 5.41) is 3.27. The summed E-state index contributed by atoms with van der Waals surface area (Å²) < 4.78 is 0. The molecule has 1 N–H and O–H groups in total. The number of likely N-dealkylation sites (tertiary alicyclic amines) is 1. The van der Waals surface area contributed by atoms with Crippen LogP contribution in [0.3, 0.4) is 0 Å². The fourth-order valence-electron chi connectivity index (χ4n) is 3.66. The van der Waals surface area contributed by atoms with Crippen LogP contribution in [0.1, 0.15) is 65.2 Å². The van der Waals surface area contributed by atoms with Gasteiger partial charge in [0, 0.05) is 31.1 Å². The Bertz CT molecular complexity index is 274. The van der Waals surface area contributed by atoms with Crippen molar-refractivity contribution < 1.29 is 4.79 Å². The smallest absolute Gasteiger partial charge is 0.223 e. The van der Waals surface area contributed by atoms with Gasteiger partial charge >= 0.3 is 0 Å². The highest BCUT2D eigenvalue weighted by molar-refractivity contribution is 5.78. The van der Waals surface area contributed by atoms with E-state index in [0.717, 1.165) is 31.7 Å². The van der Waals surface area contributed by atoms with E-state index in [-0.39, 0.29) is 11.8 Å². The molecule has 110 valence electrons. The molecular formula is C16H30N2O. The molecule has 1 saturated heterocycles. The van der Waals surface area contributed by atoms with Crippen LogP contribution in [0.2, 0.25) is 0 Å². The molecule has 1 aliphatic carbocycles. The maximum atomic E-state index is 12.1. The minimum absolute atomic E-state index is 0.216. The number of piperidine rings is 1. The number of carbonyl (C=O) groups excluding carboxylic acids is 1. The lowest BCUT2D eigenvalue weighted by atomic mass is 9.99. The average Bonchev–Trinajstić information content (AvgIpc) is 2.95. The summed E-state index contributed by atoms with van der Waals surface area (Å²) in [7, 11) is 0. The molecule has 19 heavy (non-hydrogen) atoms. The van der Waals surface area contributed by atoms with Gasteiger partial charge in [-0.3, -0.25) is 4.79 Å². The third-order valence-electron chi connectivity index (χ3n) is 5.07. The largest absolute Gasteiger partial charge is 0.353 e. The summed E-state index contributed by atoms with van der Waals surface area (Å²) >= 11 is 0. The zero-order valence-corrected chi connectivity index (χ0v) is 12.7. The predicted molar refractivity (Wildman–Crippen MR) is 79.1 cm³/mol. The van der Waals surface area contributed by atoms with Crippen LogP contribution in [0.25, 0.3) is 0 Å². The molecule has 1 amide bonds. The monoisotopic (exact) mass is 266 g/mol. The van der Waals surface area contributed by atoms with Crippen molar-refractivity contribution in [3.8, 4) is 0 Å². The molecule has 1 heterocycles. The number of carbonyl (C=O) groups is 1. The normalized spacial score (nSPS) is 23.1. The molecule has 0 aromatic rings. The molecule has 0 atom stereocenters. The molecule has 3 heteroatoms. The SMILES string of the molecule is CCC(CC)C(=O)NC1CCN(C2CCCC2)CC1. The second-order valence-corrected chi connectivity index (χ2v) is 6.27. The Balaban J connectivity index is 1.72. The molecule has 2 fully saturated rings. The van der Waals surface area contributed by atoms with E-state index in [1.54, 1.807) is 0 Å². The van der Waals surface area contributed by atoms with Gasteiger partial charge in [-0.05, 0) is 38.5 Å². The first-order valence-corrected chi connectivity index (χ1v) is 8.29. The number of rotatable bonds is 5. The van der Waals surface area contributed by atoms with Crippen LogP contribution in [-0.2, 0) is 4.79 Å². The molecule has 2 rings (SSSR count). The van der Waals surface area contributed by atoms with Gasteiger partial charge in [-0.15, -0.1) is 0 Å². The van der Waals surface area contributed by atoms with Crippen molar-refractivity contribution in [2.45, 2.75) is 77.3 Å². The summed E-state index contributed by atoms with van der Waals surface area (Å²) in [6, 6.07) is 1.27. The number of hydrogen-bond acceptors (Lipinski definition) is 2. The zero-order chi connectivity index (χ0) is 13.7. The Labute approximate surface area is 118 Å². The number of nitrogens with zero attached hydrogens (tertiary/aromatic N) is 1. The molecule has 1 saturated carbocycles. The standard InChI is InChI=1S/C16H30N2O/c1-3-13(4-2)16(19)17-14-9-11-18(12-10-14)15-7-5-6-8-15/h13-15H,3-12H2,1-2H3,(H,17,19). The fourth-order valence-corrected chi connectivity index (χ4v) is 3.66. The number of hydrogen-bond donors (Lipinski definition) is 1. The van der Waals surface area contributed by atoms with Crippen molar-refractivity contribution in [1.82, 2.24) is 10.2 Å². The maximum Gasteiger partial charge on any atom is 0.223 e. The highest BCUT2D eigenvalue weighted by atomic mass is 16.1. The Morgan fingerprint density at radius 1 is 1.11 bits per heavy atom. The van der Waals surface area contributed by atoms with Gasteiger partial charge < -0.3 is 10.2 Å². The number of amides is 1. The summed E-state index contributed by atoms with van der Waals surface area (Å²) in [6.07, 6.45) is 9.82. The van der Waals surface area contributed by atoms with Crippen molar-refractivity contribution in [3.05, 3.63) is 0 Å². The molecule has 3 nitrogen and oxygen atoms in total. The van der Waals surface area contributed by atoms with Gasteiger partial charge in [0.15, 0.2) is 0 Å². The van der Waals surface area contributed by atoms with Crippen LogP contribution < -0.4 is 5.32 Å². The van der Waals surface area contributed by atoms with Crippen molar-refractivity contribution in [3.63, 3.8) is 0 Å². The molecule has 1 aliphatic heterocycles. The van der Waals surface area contributed by atoms with E-state index in [0.29, 0.717) is 6.04 Å². The summed E-state index contributed by atoms with van der Waals surface area (Å²) in [4.78, 5) is 14.7. The predicted octanol–water partition coefficient (Wildman–Crippen LogP) is 2.95. The maximum absolute atomic E-state index is 12.1. The van der Waals surface area contributed by atoms with Crippen molar-refractivity contribution in [1.29, 1.82) is 0 Å². The summed E-state index contributed by atoms with van der Waals surface area (Å²) in [6.45, 7) is 6.57. The molecule has 0 aromatic heterocycles. The summed E-state index contributed by atoms with van der Waals surface area (Å²) in [5.74, 6) is 0.497. The average molecular weight is 266 g/mol. The molecule has 2 aliphatic rings. The van der Waals surface area contributed by atoms with E-state index in [4.69, 9.17) is 0 Å². The van der Waals surface area contributed by atoms with Gasteiger partial charge in [0.25, 0.3) is 0 Å². The van der Waals surface area contributed by atoms with Crippen LogP contribution in [0, 0.1) is 5.92 Å². The Kier molecular flexibility index (Phi) is 5.68. The fraction of sp³-hybridized carbons (Fsp3) is 0.938. The lowest BCUT2D eigenvalue weighted by Crippen LogP contribution is -2.48. The molecule has 0 aromatic carbocycles. The Morgan fingerprint density at radius 2 is 1.68 bits per heavy atom. The highest BCUT2D eigenvalue weighted by Crippen LogP contribution is 2.26. The van der Waals surface area contributed by atoms with Gasteiger partial charge in [-0.2, -0.15) is 0 Å². The van der Waals surface area contributed by atoms with E-state index in [1.165, 1.54) is 38.8 Å². The topological polar surface area (TPSA) is 32.3 Å². The van der Waals surface area contributed by atoms with Gasteiger partial charge in [-0.25, -0.2) is 0 Å². The minimum atomic E-state index is 0.216. The molecule has 0 radical (unpaired) electrons. The second-order valence-electron chi connectivity index (χ2n) is 6.27. The minimum Gasteiger partial charge on any atom is -0.353 e. The second kappa shape index (κ2) is 7.28. The first-order valence-electron chi connectivity index (χ1n) is 8.29. The quantitative estimate of drug-likeness (QED) is 0.830. The van der Waals surface area contributed by atoms with Crippen LogP contribution >= 0.6 is 0 Å². The Hall–Kier alpha value is -0.570. The highest BCUT2D eigenvalue weighted by Gasteiger charge is 2.28. The zero-order valence-electron chi connectivity index (χ0n) is 12.7. The van der Waals surface area contributed by atoms with Crippen LogP contribution in [0.15, 0.2) is 0 Å². The van der Waals surface area contributed by atoms with Gasteiger partial charge in [-0.1, -0.05) is 26.7 Å². The van der Waals surface area contributed by atoms with Crippen LogP contribution in [0.5, 0.6) is 0 Å². The van der Waals surface area contributed by atoms with Crippen LogP contribution in [0.4, 0.5) is 0 Å². The first-order chi connectivity index (χ1) is 9.24. The summed E-state index contributed by atoms with van der Waals surface area (Å²) in [5.41, 5.74) is 0. The molecule has 0 spiro atoms. The van der Waals surface area contributed by atoms with Crippen molar-refractivity contribution in [2.75, 3.05) is 13.1 Å². The first kappa shape index (κ1) is 14.8. The van der Waals surface area contributed by atoms with Crippen molar-refractivity contribution in [2.24, 2.45) is 5.92 Å². The van der Waals surface area contributed by atoms with E-state index in [1.807, 2.05) is 0 Å². The van der Waals surface area contributed by atoms with Crippen molar-refractivity contribution >= 4 is 5.91 Å². The van der Waals surface area contributed by atoms with E-state index >= 15 is 0 Å². The van der Waals surface area contributed by atoms with E-state index < -0.39 is 0 Å². The van der Waals surface area contributed by atoms with Gasteiger partial charge in [0.05, 0.1) is 0 Å². The lowest BCUT2D eigenvalue weighted by Gasteiger charge is -2.36. The van der Waals surface area contributed by atoms with E-state index in [9.17, 15) is 4.79 Å².